The van der Waals surface area contributed by atoms with E-state index in [9.17, 15) is 4.79 Å². The van der Waals surface area contributed by atoms with Crippen LogP contribution in [-0.4, -0.2) is 47.8 Å². The molecule has 0 saturated carbocycles. The number of nitrogens with one attached hydrogen (secondary N) is 1. The van der Waals surface area contributed by atoms with Gasteiger partial charge in [-0.1, -0.05) is 11.6 Å². The number of aromatic nitrogens is 1. The minimum atomic E-state index is -0.476. The fraction of sp³-hybridized carbons (Fsp3) is 0.571. The van der Waals surface area contributed by atoms with Crippen LogP contribution in [0, 0.1) is 0 Å². The van der Waals surface area contributed by atoms with Crippen molar-refractivity contribution in [1.82, 2.24) is 9.88 Å². The third-order valence-electron chi connectivity index (χ3n) is 2.90. The number of pyridine rings is 1. The van der Waals surface area contributed by atoms with Gasteiger partial charge in [0.1, 0.15) is 5.60 Å². The van der Waals surface area contributed by atoms with Crippen LogP contribution in [0.4, 0.5) is 10.5 Å². The zero-order valence-corrected chi connectivity index (χ0v) is 13.4. The molecule has 7 heteroatoms. The van der Waals surface area contributed by atoms with Crippen LogP contribution in [0.25, 0.3) is 0 Å². The second kappa shape index (κ2) is 5.97. The van der Waals surface area contributed by atoms with Crippen molar-refractivity contribution >= 4 is 23.4 Å². The van der Waals surface area contributed by atoms with Gasteiger partial charge in [0.25, 0.3) is 0 Å². The maximum Gasteiger partial charge on any atom is 0.410 e. The lowest BCUT2D eigenvalue weighted by molar-refractivity contribution is 0.0105. The van der Waals surface area contributed by atoms with Gasteiger partial charge in [-0.15, -0.1) is 0 Å². The maximum atomic E-state index is 11.8. The van der Waals surface area contributed by atoms with Gasteiger partial charge in [0.2, 0.25) is 5.88 Å². The Hall–Kier alpha value is -1.69. The lowest BCUT2D eigenvalue weighted by atomic mass is 10.1. The van der Waals surface area contributed by atoms with Crippen LogP contribution < -0.4 is 10.1 Å². The summed E-state index contributed by atoms with van der Waals surface area (Å²) in [7, 11) is 1.55. The molecular formula is C14H20ClN3O3. The summed E-state index contributed by atoms with van der Waals surface area (Å²) < 4.78 is 10.5. The van der Waals surface area contributed by atoms with Crippen molar-refractivity contribution in [2.45, 2.75) is 32.4 Å². The summed E-state index contributed by atoms with van der Waals surface area (Å²) in [5, 5.41) is 3.79. The molecule has 0 radical (unpaired) electrons. The largest absolute Gasteiger partial charge is 0.480 e. The highest BCUT2D eigenvalue weighted by atomic mass is 35.5. The summed E-state index contributed by atoms with van der Waals surface area (Å²) in [5.41, 5.74) is 0.245. The van der Waals surface area contributed by atoms with Gasteiger partial charge in [-0.25, -0.2) is 9.78 Å². The van der Waals surface area contributed by atoms with E-state index in [-0.39, 0.29) is 12.1 Å². The lowest BCUT2D eigenvalue weighted by Crippen LogP contribution is -2.57. The van der Waals surface area contributed by atoms with Crippen molar-refractivity contribution in [2.24, 2.45) is 0 Å². The van der Waals surface area contributed by atoms with E-state index in [2.05, 4.69) is 10.3 Å². The normalized spacial score (nSPS) is 15.4. The van der Waals surface area contributed by atoms with E-state index in [1.807, 2.05) is 20.8 Å². The summed E-state index contributed by atoms with van der Waals surface area (Å²) >= 11 is 5.93. The molecule has 1 aliphatic rings. The molecule has 0 bridgehead atoms. The zero-order valence-electron chi connectivity index (χ0n) is 12.6. The first kappa shape index (κ1) is 15.7. The van der Waals surface area contributed by atoms with Gasteiger partial charge in [-0.05, 0) is 26.8 Å². The average Bonchev–Trinajstić information content (AvgIpc) is 2.31. The molecule has 6 nitrogen and oxygen atoms in total. The second-order valence-corrected chi connectivity index (χ2v) is 6.37. The van der Waals surface area contributed by atoms with E-state index in [0.717, 1.165) is 5.69 Å². The number of amides is 1. The first-order valence-electron chi connectivity index (χ1n) is 6.72. The molecule has 1 saturated heterocycles. The molecule has 1 N–H and O–H groups in total. The molecule has 1 aliphatic heterocycles. The molecular weight excluding hydrogens is 294 g/mol. The van der Waals surface area contributed by atoms with Crippen molar-refractivity contribution in [3.63, 3.8) is 0 Å². The Labute approximate surface area is 129 Å². The smallest absolute Gasteiger partial charge is 0.410 e. The summed E-state index contributed by atoms with van der Waals surface area (Å²) in [5.74, 6) is 0.482. The quantitative estimate of drug-likeness (QED) is 0.929. The number of hydrogen-bond acceptors (Lipinski definition) is 5. The summed E-state index contributed by atoms with van der Waals surface area (Å²) in [6, 6.07) is 1.88. The van der Waals surface area contributed by atoms with Crippen LogP contribution in [0.3, 0.4) is 0 Å². The van der Waals surface area contributed by atoms with E-state index < -0.39 is 5.60 Å². The summed E-state index contributed by atoms with van der Waals surface area (Å²) in [6.45, 7) is 6.70. The molecule has 0 aromatic carbocycles. The average molecular weight is 314 g/mol. The van der Waals surface area contributed by atoms with Crippen molar-refractivity contribution in [3.05, 3.63) is 17.3 Å². The van der Waals surface area contributed by atoms with E-state index in [1.165, 1.54) is 6.20 Å². The van der Waals surface area contributed by atoms with Crippen molar-refractivity contribution < 1.29 is 14.3 Å². The fourth-order valence-corrected chi connectivity index (χ4v) is 2.12. The minimum absolute atomic E-state index is 0.131. The number of nitrogens with zero attached hydrogens (tertiary/aromatic N) is 2. The number of carbonyl (C=O) groups is 1. The molecule has 0 spiro atoms. The molecule has 0 atom stereocenters. The van der Waals surface area contributed by atoms with Gasteiger partial charge in [0, 0.05) is 19.3 Å². The highest BCUT2D eigenvalue weighted by Gasteiger charge is 2.34. The number of hydrogen-bond donors (Lipinski definition) is 1. The molecule has 0 unspecified atom stereocenters. The zero-order chi connectivity index (χ0) is 15.6. The number of likely N-dealkylation sites (tertiary alicyclic amines) is 1. The predicted octanol–water partition coefficient (Wildman–Crippen LogP) is 2.77. The van der Waals surface area contributed by atoms with Crippen LogP contribution in [-0.2, 0) is 4.74 Å². The Kier molecular flexibility index (Phi) is 4.46. The Morgan fingerprint density at radius 3 is 2.71 bits per heavy atom. The highest BCUT2D eigenvalue weighted by molar-refractivity contribution is 6.30. The van der Waals surface area contributed by atoms with Gasteiger partial charge in [0.15, 0.2) is 0 Å². The molecule has 2 heterocycles. The van der Waals surface area contributed by atoms with Gasteiger partial charge in [0.05, 0.1) is 23.9 Å². The van der Waals surface area contributed by atoms with E-state index >= 15 is 0 Å². The first-order valence-corrected chi connectivity index (χ1v) is 7.10. The topological polar surface area (TPSA) is 63.7 Å². The minimum Gasteiger partial charge on any atom is -0.480 e. The summed E-state index contributed by atoms with van der Waals surface area (Å²) in [6.07, 6.45) is 1.23. The number of carbonyl (C=O) groups excluding carboxylic acids is 1. The summed E-state index contributed by atoms with van der Waals surface area (Å²) in [4.78, 5) is 17.6. The second-order valence-electron chi connectivity index (χ2n) is 5.94. The molecule has 116 valence electrons. The lowest BCUT2D eigenvalue weighted by Gasteiger charge is -2.40. The highest BCUT2D eigenvalue weighted by Crippen LogP contribution is 2.27. The Bertz CT molecular complexity index is 525. The van der Waals surface area contributed by atoms with Gasteiger partial charge in [-0.2, -0.15) is 0 Å². The maximum absolute atomic E-state index is 11.8. The Morgan fingerprint density at radius 2 is 2.14 bits per heavy atom. The Morgan fingerprint density at radius 1 is 1.48 bits per heavy atom. The first-order chi connectivity index (χ1) is 9.78. The van der Waals surface area contributed by atoms with E-state index in [0.29, 0.717) is 24.0 Å². The third-order valence-corrected chi connectivity index (χ3v) is 3.11. The monoisotopic (exact) mass is 313 g/mol. The number of rotatable bonds is 3. The number of ether oxygens (including phenoxy) is 2. The molecule has 0 aliphatic carbocycles. The molecule has 1 fully saturated rings. The molecule has 21 heavy (non-hydrogen) atoms. The van der Waals surface area contributed by atoms with Crippen molar-refractivity contribution in [3.8, 4) is 5.88 Å². The van der Waals surface area contributed by atoms with Crippen LogP contribution in [0.2, 0.25) is 5.02 Å². The molecule has 1 amide bonds. The molecule has 2 rings (SSSR count). The van der Waals surface area contributed by atoms with Crippen LogP contribution in [0.5, 0.6) is 5.88 Å². The van der Waals surface area contributed by atoms with Crippen molar-refractivity contribution in [2.75, 3.05) is 25.5 Å². The number of anilines is 1. The SMILES string of the molecule is COc1ncc(Cl)cc1NC1CN(C(=O)OC(C)(C)C)C1. The molecule has 1 aromatic heterocycles. The number of halogens is 1. The van der Waals surface area contributed by atoms with Crippen LogP contribution >= 0.6 is 11.6 Å². The van der Waals surface area contributed by atoms with Crippen molar-refractivity contribution in [1.29, 1.82) is 0 Å². The van der Waals surface area contributed by atoms with Crippen LogP contribution in [0.15, 0.2) is 12.3 Å². The number of methoxy groups -OCH3 is 1. The van der Waals surface area contributed by atoms with E-state index in [1.54, 1.807) is 18.1 Å². The fourth-order valence-electron chi connectivity index (χ4n) is 1.96. The van der Waals surface area contributed by atoms with Gasteiger partial charge < -0.3 is 19.7 Å². The standard InChI is InChI=1S/C14H20ClN3O3/c1-14(2,3)21-13(19)18-7-10(8-18)17-11-5-9(15)6-16-12(11)20-4/h5-6,10,17H,7-8H2,1-4H3. The Balaban J connectivity index is 1.88. The van der Waals surface area contributed by atoms with Crippen LogP contribution in [0.1, 0.15) is 20.8 Å². The predicted molar refractivity (Wildman–Crippen MR) is 81.0 cm³/mol. The molecule has 1 aromatic rings. The van der Waals surface area contributed by atoms with E-state index in [4.69, 9.17) is 21.1 Å². The van der Waals surface area contributed by atoms with Gasteiger partial charge >= 0.3 is 6.09 Å². The third kappa shape index (κ3) is 4.14. The van der Waals surface area contributed by atoms with Gasteiger partial charge in [-0.3, -0.25) is 0 Å².